The molecular weight excluding hydrogens is 232 g/mol. The van der Waals surface area contributed by atoms with Gasteiger partial charge in [0.2, 0.25) is 0 Å². The summed E-state index contributed by atoms with van der Waals surface area (Å²) in [6.07, 6.45) is 2.98. The summed E-state index contributed by atoms with van der Waals surface area (Å²) >= 11 is 5.72. The summed E-state index contributed by atoms with van der Waals surface area (Å²) in [6.45, 7) is 0. The third-order valence-electron chi connectivity index (χ3n) is 2.11. The number of carboxylic acids is 1. The number of carboxylic acid groups (broad SMARTS) is 1. The van der Waals surface area contributed by atoms with Gasteiger partial charge in [-0.1, -0.05) is 11.6 Å². The molecule has 0 aliphatic heterocycles. The number of aromatic carboxylic acids is 1. The molecule has 0 atom stereocenters. The number of hydrogen-bond acceptors (Lipinski definition) is 2. The molecule has 2 aromatic rings. The summed E-state index contributed by atoms with van der Waals surface area (Å²) in [4.78, 5) is 24.6. The van der Waals surface area contributed by atoms with Crippen molar-refractivity contribution in [3.8, 4) is 5.69 Å². The molecule has 0 saturated heterocycles. The second-order valence-corrected chi connectivity index (χ2v) is 3.51. The number of hydrogen-bond donors (Lipinski definition) is 2. The van der Waals surface area contributed by atoms with Crippen LogP contribution >= 0.6 is 11.6 Å². The van der Waals surface area contributed by atoms with Gasteiger partial charge in [0.15, 0.2) is 0 Å². The largest absolute Gasteiger partial charge is 0.478 e. The highest BCUT2D eigenvalue weighted by molar-refractivity contribution is 6.33. The molecule has 0 radical (unpaired) electrons. The molecule has 0 saturated carbocycles. The molecule has 82 valence electrons. The van der Waals surface area contributed by atoms with E-state index in [4.69, 9.17) is 16.7 Å². The summed E-state index contributed by atoms with van der Waals surface area (Å²) in [7, 11) is 0. The molecule has 0 bridgehead atoms. The van der Waals surface area contributed by atoms with Gasteiger partial charge in [-0.25, -0.2) is 9.59 Å². The number of nitrogens with one attached hydrogen (secondary N) is 1. The number of aromatic nitrogens is 2. The van der Waals surface area contributed by atoms with Gasteiger partial charge in [0.25, 0.3) is 0 Å². The summed E-state index contributed by atoms with van der Waals surface area (Å²) in [5.74, 6) is -1.13. The molecule has 2 rings (SSSR count). The maximum atomic E-state index is 11.3. The molecule has 6 heteroatoms. The number of halogens is 1. The second kappa shape index (κ2) is 3.86. The lowest BCUT2D eigenvalue weighted by atomic mass is 10.2. The molecule has 0 fully saturated rings. The molecule has 1 aromatic heterocycles. The van der Waals surface area contributed by atoms with E-state index in [0.717, 1.165) is 0 Å². The van der Waals surface area contributed by atoms with Crippen molar-refractivity contribution in [1.29, 1.82) is 0 Å². The summed E-state index contributed by atoms with van der Waals surface area (Å²) in [5, 5.41) is 9.02. The lowest BCUT2D eigenvalue weighted by Crippen LogP contribution is -2.14. The van der Waals surface area contributed by atoms with Crippen LogP contribution in [0.3, 0.4) is 0 Å². The number of carbonyl (C=O) groups is 1. The molecule has 2 N–H and O–H groups in total. The van der Waals surface area contributed by atoms with Gasteiger partial charge in [0.1, 0.15) is 0 Å². The molecule has 0 amide bonds. The smallest absolute Gasteiger partial charge is 0.337 e. The first-order chi connectivity index (χ1) is 7.59. The quantitative estimate of drug-likeness (QED) is 0.833. The molecule has 0 spiro atoms. The normalized spacial score (nSPS) is 10.3. The maximum Gasteiger partial charge on any atom is 0.337 e. The summed E-state index contributed by atoms with van der Waals surface area (Å²) in [6, 6.07) is 4.36. The average Bonchev–Trinajstić information content (AvgIpc) is 2.65. The van der Waals surface area contributed by atoms with Crippen LogP contribution in [0.1, 0.15) is 10.4 Å². The number of rotatable bonds is 2. The Labute approximate surface area is 94.9 Å². The first-order valence-electron chi connectivity index (χ1n) is 4.39. The van der Waals surface area contributed by atoms with Crippen molar-refractivity contribution < 1.29 is 9.90 Å². The van der Waals surface area contributed by atoms with Crippen molar-refractivity contribution in [2.75, 3.05) is 0 Å². The minimum atomic E-state index is -1.13. The SMILES string of the molecule is O=C(O)c1cc(-n2cc[nH]c2=O)ccc1Cl. The van der Waals surface area contributed by atoms with Crippen LogP contribution in [0.4, 0.5) is 0 Å². The molecule has 1 heterocycles. The van der Waals surface area contributed by atoms with Crippen LogP contribution in [0.5, 0.6) is 0 Å². The van der Waals surface area contributed by atoms with Gasteiger partial charge in [-0.3, -0.25) is 4.57 Å². The minimum Gasteiger partial charge on any atom is -0.478 e. The molecule has 0 aliphatic rings. The molecule has 5 nitrogen and oxygen atoms in total. The molecular formula is C10H7ClN2O3. The van der Waals surface area contributed by atoms with Crippen LogP contribution in [0, 0.1) is 0 Å². The van der Waals surface area contributed by atoms with Gasteiger partial charge in [0, 0.05) is 12.4 Å². The maximum absolute atomic E-state index is 11.3. The zero-order valence-electron chi connectivity index (χ0n) is 7.98. The van der Waals surface area contributed by atoms with Crippen LogP contribution in [0.15, 0.2) is 35.4 Å². The number of aromatic amines is 1. The van der Waals surface area contributed by atoms with Crippen LogP contribution < -0.4 is 5.69 Å². The summed E-state index contributed by atoms with van der Waals surface area (Å²) in [5.41, 5.74) is 0.0824. The van der Waals surface area contributed by atoms with Crippen LogP contribution in [0.2, 0.25) is 5.02 Å². The van der Waals surface area contributed by atoms with Crippen molar-refractivity contribution in [1.82, 2.24) is 9.55 Å². The highest BCUT2D eigenvalue weighted by atomic mass is 35.5. The Hall–Kier alpha value is -2.01. The highest BCUT2D eigenvalue weighted by Gasteiger charge is 2.10. The lowest BCUT2D eigenvalue weighted by Gasteiger charge is -2.04. The van der Waals surface area contributed by atoms with E-state index in [1.165, 1.54) is 29.1 Å². The van der Waals surface area contributed by atoms with Crippen LogP contribution in [0.25, 0.3) is 5.69 Å². The van der Waals surface area contributed by atoms with Gasteiger partial charge in [-0.2, -0.15) is 0 Å². The van der Waals surface area contributed by atoms with Gasteiger partial charge in [0.05, 0.1) is 16.3 Å². The van der Waals surface area contributed by atoms with Gasteiger partial charge in [-0.15, -0.1) is 0 Å². The second-order valence-electron chi connectivity index (χ2n) is 3.10. The number of nitrogens with zero attached hydrogens (tertiary/aromatic N) is 1. The Balaban J connectivity index is 2.61. The molecule has 0 unspecified atom stereocenters. The first kappa shape index (κ1) is 10.5. The van der Waals surface area contributed by atoms with Crippen molar-refractivity contribution in [2.24, 2.45) is 0 Å². The fourth-order valence-corrected chi connectivity index (χ4v) is 1.55. The Morgan fingerprint density at radius 2 is 2.19 bits per heavy atom. The topological polar surface area (TPSA) is 75.1 Å². The fourth-order valence-electron chi connectivity index (χ4n) is 1.35. The lowest BCUT2D eigenvalue weighted by molar-refractivity contribution is 0.0697. The predicted octanol–water partition coefficient (Wildman–Crippen LogP) is 1.52. The van der Waals surface area contributed by atoms with E-state index in [2.05, 4.69) is 4.98 Å². The van der Waals surface area contributed by atoms with E-state index < -0.39 is 5.97 Å². The van der Waals surface area contributed by atoms with Gasteiger partial charge in [-0.05, 0) is 18.2 Å². The van der Waals surface area contributed by atoms with E-state index in [1.54, 1.807) is 6.07 Å². The standard InChI is InChI=1S/C10H7ClN2O3/c11-8-2-1-6(5-7(8)9(14)15)13-4-3-12-10(13)16/h1-5H,(H,12,16)(H,14,15). The summed E-state index contributed by atoms with van der Waals surface area (Å²) < 4.78 is 1.29. The third-order valence-corrected chi connectivity index (χ3v) is 2.44. The van der Waals surface area contributed by atoms with Gasteiger partial charge < -0.3 is 10.1 Å². The van der Waals surface area contributed by atoms with E-state index in [0.29, 0.717) is 5.69 Å². The van der Waals surface area contributed by atoms with E-state index >= 15 is 0 Å². The molecule has 0 aliphatic carbocycles. The van der Waals surface area contributed by atoms with Crippen LogP contribution in [-0.4, -0.2) is 20.6 Å². The predicted molar refractivity (Wildman–Crippen MR) is 58.4 cm³/mol. The Bertz CT molecular complexity index is 600. The highest BCUT2D eigenvalue weighted by Crippen LogP contribution is 2.19. The number of benzene rings is 1. The Morgan fingerprint density at radius 3 is 2.75 bits per heavy atom. The van der Waals surface area contributed by atoms with Crippen molar-refractivity contribution in [2.45, 2.75) is 0 Å². The van der Waals surface area contributed by atoms with Crippen molar-refractivity contribution >= 4 is 17.6 Å². The molecule has 16 heavy (non-hydrogen) atoms. The average molecular weight is 239 g/mol. The van der Waals surface area contributed by atoms with Crippen molar-refractivity contribution in [3.05, 3.63) is 51.7 Å². The number of H-pyrrole nitrogens is 1. The number of imidazole rings is 1. The zero-order valence-corrected chi connectivity index (χ0v) is 8.73. The van der Waals surface area contributed by atoms with E-state index in [1.807, 2.05) is 0 Å². The van der Waals surface area contributed by atoms with E-state index in [9.17, 15) is 9.59 Å². The minimum absolute atomic E-state index is 0.0349. The van der Waals surface area contributed by atoms with Gasteiger partial charge >= 0.3 is 11.7 Å². The Morgan fingerprint density at radius 1 is 1.44 bits per heavy atom. The Kier molecular flexibility index (Phi) is 2.54. The first-order valence-corrected chi connectivity index (χ1v) is 4.76. The molecule has 1 aromatic carbocycles. The van der Waals surface area contributed by atoms with E-state index in [-0.39, 0.29) is 16.3 Å². The van der Waals surface area contributed by atoms with Crippen LogP contribution in [-0.2, 0) is 0 Å². The monoisotopic (exact) mass is 238 g/mol. The zero-order chi connectivity index (χ0) is 11.7. The van der Waals surface area contributed by atoms with Crippen molar-refractivity contribution in [3.63, 3.8) is 0 Å². The third kappa shape index (κ3) is 1.72. The fraction of sp³-hybridized carbons (Fsp3) is 0.